The summed E-state index contributed by atoms with van der Waals surface area (Å²) in [7, 11) is 0. The van der Waals surface area contributed by atoms with Gasteiger partial charge in [0.1, 0.15) is 6.10 Å². The van der Waals surface area contributed by atoms with E-state index in [1.54, 1.807) is 13.0 Å². The molecule has 2 heterocycles. The van der Waals surface area contributed by atoms with Gasteiger partial charge in [-0.1, -0.05) is 33.1 Å². The molecule has 9 rings (SSSR count). The number of ether oxygens (including phenoxy) is 1. The summed E-state index contributed by atoms with van der Waals surface area (Å²) in [5, 5.41) is 64.4. The minimum absolute atomic E-state index is 0.00345. The van der Waals surface area contributed by atoms with Gasteiger partial charge in [-0.2, -0.15) is 0 Å². The van der Waals surface area contributed by atoms with Crippen LogP contribution in [0.5, 0.6) is 0 Å². The molecule has 4 saturated carbocycles. The highest BCUT2D eigenvalue weighted by Gasteiger charge is 2.74. The molecule has 4 bridgehead atoms. The topological polar surface area (TPSA) is 165 Å². The summed E-state index contributed by atoms with van der Waals surface area (Å²) in [5.74, 6) is 7.77. The van der Waals surface area contributed by atoms with E-state index < -0.39 is 57.8 Å². The Balaban J connectivity index is 1.12. The van der Waals surface area contributed by atoms with Crippen molar-refractivity contribution in [3.63, 3.8) is 0 Å². The molecule has 8 N–H and O–H groups in total. The first-order valence-corrected chi connectivity index (χ1v) is 21.6. The molecule has 2 saturated heterocycles. The van der Waals surface area contributed by atoms with Gasteiger partial charge >= 0.3 is 0 Å². The fourth-order valence-electron chi connectivity index (χ4n) is 14.6. The minimum Gasteiger partial charge on any atom is -0.390 e. The zero-order valence-electron chi connectivity index (χ0n) is 32.6. The number of hydrogen-bond donors (Lipinski definition) is 7. The molecule has 53 heavy (non-hydrogen) atoms. The summed E-state index contributed by atoms with van der Waals surface area (Å²) in [6.07, 6.45) is 11.9. The number of nitrogens with one attached hydrogen (secondary N) is 1. The molecule has 0 aromatic heterocycles. The highest BCUT2D eigenvalue weighted by Crippen LogP contribution is 2.74. The van der Waals surface area contributed by atoms with Crippen molar-refractivity contribution in [1.82, 2.24) is 5.32 Å². The first-order chi connectivity index (χ1) is 25.2. The largest absolute Gasteiger partial charge is 0.390 e. The van der Waals surface area contributed by atoms with Crippen molar-refractivity contribution in [2.45, 2.75) is 184 Å². The average molecular weight is 737 g/mol. The van der Waals surface area contributed by atoms with Gasteiger partial charge < -0.3 is 41.3 Å². The molecule has 2 unspecified atom stereocenters. The van der Waals surface area contributed by atoms with E-state index in [4.69, 9.17) is 10.5 Å². The lowest BCUT2D eigenvalue weighted by molar-refractivity contribution is -0.210. The number of aliphatic hydroxyl groups excluding tert-OH is 3. The van der Waals surface area contributed by atoms with Crippen LogP contribution in [0.2, 0.25) is 0 Å². The third-order valence-corrected chi connectivity index (χ3v) is 17.5. The van der Waals surface area contributed by atoms with E-state index in [0.29, 0.717) is 63.2 Å². The Morgan fingerprint density at radius 3 is 2.49 bits per heavy atom. The molecule has 9 nitrogen and oxygen atoms in total. The van der Waals surface area contributed by atoms with Crippen molar-refractivity contribution < 1.29 is 35.1 Å². The standard InChI is InChI=1S/C44H68N2O7/c1-4-7-27-8-11-29-26(2)38(53-34(29)12-9-27)39(50)40(3,51)35-16-21-44(52)31-22-36(49)43-18-6-5-17-41(35,44)20-15-30(31)42(43,23-32(47)33(48)24-43)19-14-28-10-13-37(45)46-25-28/h22,26-30,32-35,37-39,46-48,50-52H,4,7-21,23-25,45H2,1-3H3/t26-,27-,28?,29+,30+,32-,33+,34+,35-,37?,38+,39+,40+,41-,42+,43+,44-/m0/s1. The summed E-state index contributed by atoms with van der Waals surface area (Å²) in [5.41, 5.74) is 1.49. The van der Waals surface area contributed by atoms with E-state index in [1.807, 2.05) is 0 Å². The van der Waals surface area contributed by atoms with Crippen LogP contribution in [-0.2, 0) is 9.53 Å². The highest BCUT2D eigenvalue weighted by atomic mass is 16.5. The summed E-state index contributed by atoms with van der Waals surface area (Å²) in [4.78, 5) is 14.8. The number of carbonyl (C=O) groups excluding carboxylic acids is 1. The van der Waals surface area contributed by atoms with E-state index in [-0.39, 0.29) is 36.3 Å². The number of nitrogens with two attached hydrogens (primary N) is 1. The van der Waals surface area contributed by atoms with E-state index in [0.717, 1.165) is 56.6 Å². The monoisotopic (exact) mass is 737 g/mol. The maximum absolute atomic E-state index is 14.8. The molecule has 17 atom stereocenters. The molecule has 0 amide bonds. The molecule has 296 valence electrons. The van der Waals surface area contributed by atoms with Crippen LogP contribution in [0.25, 0.3) is 0 Å². The van der Waals surface area contributed by atoms with Gasteiger partial charge in [0.25, 0.3) is 0 Å². The van der Waals surface area contributed by atoms with E-state index in [2.05, 4.69) is 31.0 Å². The zero-order chi connectivity index (χ0) is 37.6. The summed E-state index contributed by atoms with van der Waals surface area (Å²) < 4.78 is 6.73. The van der Waals surface area contributed by atoms with Crippen LogP contribution >= 0.6 is 0 Å². The molecule has 0 radical (unpaired) electrons. The number of rotatable bonds is 8. The summed E-state index contributed by atoms with van der Waals surface area (Å²) >= 11 is 0. The molecular weight excluding hydrogens is 668 g/mol. The van der Waals surface area contributed by atoms with Gasteiger partial charge in [0.05, 0.1) is 47.2 Å². The van der Waals surface area contributed by atoms with Gasteiger partial charge in [-0.05, 0) is 150 Å². The summed E-state index contributed by atoms with van der Waals surface area (Å²) in [6, 6.07) is 0. The Hall–Kier alpha value is -1.35. The Morgan fingerprint density at radius 2 is 1.74 bits per heavy atom. The van der Waals surface area contributed by atoms with Crippen molar-refractivity contribution in [3.8, 4) is 11.8 Å². The van der Waals surface area contributed by atoms with Gasteiger partial charge in [-0.3, -0.25) is 4.79 Å². The van der Waals surface area contributed by atoms with Crippen LogP contribution in [0.4, 0.5) is 0 Å². The quantitative estimate of drug-likeness (QED) is 0.178. The number of hydrogen-bond acceptors (Lipinski definition) is 9. The van der Waals surface area contributed by atoms with Crippen LogP contribution < -0.4 is 11.1 Å². The molecule has 2 spiro atoms. The van der Waals surface area contributed by atoms with Crippen molar-refractivity contribution in [3.05, 3.63) is 11.6 Å². The number of carbonyl (C=O) groups is 1. The fraction of sp³-hybridized carbons (Fsp3) is 0.886. The van der Waals surface area contributed by atoms with Gasteiger partial charge in [0, 0.05) is 18.3 Å². The summed E-state index contributed by atoms with van der Waals surface area (Å²) in [6.45, 7) is 7.02. The predicted molar refractivity (Wildman–Crippen MR) is 202 cm³/mol. The maximum Gasteiger partial charge on any atom is 0.163 e. The molecular formula is C44H68N2O7. The van der Waals surface area contributed by atoms with Gasteiger partial charge in [-0.15, -0.1) is 11.8 Å². The predicted octanol–water partition coefficient (Wildman–Crippen LogP) is 4.51. The first kappa shape index (κ1) is 38.5. The van der Waals surface area contributed by atoms with E-state index in [9.17, 15) is 30.3 Å². The molecule has 6 fully saturated rings. The second kappa shape index (κ2) is 13.9. The third kappa shape index (κ3) is 5.73. The lowest BCUT2D eigenvalue weighted by Crippen LogP contribution is -2.68. The Bertz CT molecular complexity index is 1500. The van der Waals surface area contributed by atoms with Crippen LogP contribution in [-0.4, -0.2) is 85.7 Å². The number of piperidine rings is 1. The molecule has 0 aromatic carbocycles. The number of fused-ring (bicyclic) bond motifs is 5. The van der Waals surface area contributed by atoms with Crippen molar-refractivity contribution in [2.75, 3.05) is 6.54 Å². The lowest BCUT2D eigenvalue weighted by atomic mass is 9.38. The number of ketones is 1. The van der Waals surface area contributed by atoms with Gasteiger partial charge in [-0.25, -0.2) is 0 Å². The molecule has 0 aromatic rings. The Kier molecular flexibility index (Phi) is 10.1. The first-order valence-electron chi connectivity index (χ1n) is 21.6. The second-order valence-electron chi connectivity index (χ2n) is 19.8. The van der Waals surface area contributed by atoms with Gasteiger partial charge in [0.15, 0.2) is 5.78 Å². The van der Waals surface area contributed by atoms with E-state index >= 15 is 0 Å². The van der Waals surface area contributed by atoms with Crippen LogP contribution in [0.15, 0.2) is 11.6 Å². The SMILES string of the molecule is CCC[C@H]1CC[C@@H]2[C@H](C)[C@H]([C@@H](O)[C@](C)(O)[C@@H]3CC[C@]4(O)C5=CC(=O)[C@]67CC#CC[C@]34CC[C@H]5[C@@]6(CCC3CCC(N)NC3)C[C@H](O)[C@H](O)C7)O[C@@H]2CC1. The van der Waals surface area contributed by atoms with Crippen LogP contribution in [0, 0.1) is 63.6 Å². The van der Waals surface area contributed by atoms with Crippen molar-refractivity contribution in [1.29, 1.82) is 0 Å². The second-order valence-corrected chi connectivity index (χ2v) is 19.8. The Labute approximate surface area is 317 Å². The molecule has 9 heteroatoms. The van der Waals surface area contributed by atoms with E-state index in [1.165, 1.54) is 19.3 Å². The van der Waals surface area contributed by atoms with Crippen LogP contribution in [0.1, 0.15) is 136 Å². The Morgan fingerprint density at radius 1 is 1.00 bits per heavy atom. The third-order valence-electron chi connectivity index (χ3n) is 17.5. The molecule has 2 aliphatic heterocycles. The van der Waals surface area contributed by atoms with Gasteiger partial charge in [0.2, 0.25) is 0 Å². The highest BCUT2D eigenvalue weighted by molar-refractivity contribution is 5.98. The fourth-order valence-corrected chi connectivity index (χ4v) is 14.6. The minimum atomic E-state index is -1.56. The smallest absolute Gasteiger partial charge is 0.163 e. The molecule has 7 aliphatic carbocycles. The van der Waals surface area contributed by atoms with Crippen molar-refractivity contribution >= 4 is 5.78 Å². The lowest BCUT2D eigenvalue weighted by Gasteiger charge is -2.66. The normalized spacial score (nSPS) is 50.8. The number of aliphatic hydroxyl groups is 5. The van der Waals surface area contributed by atoms with Crippen molar-refractivity contribution in [2.24, 2.45) is 57.5 Å². The zero-order valence-corrected chi connectivity index (χ0v) is 32.6. The maximum atomic E-state index is 14.8. The number of allylic oxidation sites excluding steroid dienone is 1. The molecule has 9 aliphatic rings. The average Bonchev–Trinajstić information content (AvgIpc) is 3.53. The van der Waals surface area contributed by atoms with Crippen LogP contribution in [0.3, 0.4) is 0 Å².